The van der Waals surface area contributed by atoms with Crippen LogP contribution in [0.5, 0.6) is 5.75 Å². The number of nitrogens with one attached hydrogen (secondary N) is 1. The van der Waals surface area contributed by atoms with Gasteiger partial charge in [-0.25, -0.2) is 0 Å². The lowest BCUT2D eigenvalue weighted by Gasteiger charge is -2.21. The van der Waals surface area contributed by atoms with E-state index < -0.39 is 0 Å². The lowest BCUT2D eigenvalue weighted by atomic mass is 10.1. The molecule has 0 aromatic heterocycles. The molecule has 0 saturated heterocycles. The smallest absolute Gasteiger partial charge is 0.119 e. The summed E-state index contributed by atoms with van der Waals surface area (Å²) in [5.41, 5.74) is 0. The van der Waals surface area contributed by atoms with Gasteiger partial charge in [-0.05, 0) is 24.6 Å². The molecule has 0 fully saturated rings. The van der Waals surface area contributed by atoms with E-state index in [1.807, 2.05) is 30.3 Å². The van der Waals surface area contributed by atoms with Gasteiger partial charge < -0.3 is 14.8 Å². The van der Waals surface area contributed by atoms with Crippen LogP contribution in [0, 0.1) is 5.92 Å². The van der Waals surface area contributed by atoms with Crippen LogP contribution in [-0.4, -0.2) is 32.4 Å². The number of ether oxygens (including phenoxy) is 2. The van der Waals surface area contributed by atoms with Crippen LogP contribution in [0.4, 0.5) is 0 Å². The van der Waals surface area contributed by atoms with Gasteiger partial charge in [0, 0.05) is 6.04 Å². The van der Waals surface area contributed by atoms with Crippen LogP contribution in [0.2, 0.25) is 0 Å². The van der Waals surface area contributed by atoms with Crippen molar-refractivity contribution in [1.29, 1.82) is 0 Å². The fraction of sp³-hybridized carbons (Fsp3) is 0.600. The lowest BCUT2D eigenvalue weighted by Crippen LogP contribution is -2.38. The second kappa shape index (κ2) is 8.95. The van der Waals surface area contributed by atoms with E-state index >= 15 is 0 Å². The Morgan fingerprint density at radius 1 is 1.11 bits per heavy atom. The van der Waals surface area contributed by atoms with Gasteiger partial charge in [0.2, 0.25) is 0 Å². The van der Waals surface area contributed by atoms with Crippen molar-refractivity contribution in [2.45, 2.75) is 26.8 Å². The van der Waals surface area contributed by atoms with Crippen LogP contribution in [0.3, 0.4) is 0 Å². The predicted octanol–water partition coefficient (Wildman–Crippen LogP) is 2.72. The molecular formula is C15H25NO2. The molecule has 0 bridgehead atoms. The first-order valence-corrected chi connectivity index (χ1v) is 6.73. The predicted molar refractivity (Wildman–Crippen MR) is 75.1 cm³/mol. The number of likely N-dealkylation sites (N-methyl/N-ethyl adjacent to an activating group) is 1. The van der Waals surface area contributed by atoms with Crippen molar-refractivity contribution in [2.24, 2.45) is 5.92 Å². The van der Waals surface area contributed by atoms with Gasteiger partial charge in [0.15, 0.2) is 0 Å². The molecule has 1 aromatic carbocycles. The number of hydrogen-bond acceptors (Lipinski definition) is 3. The topological polar surface area (TPSA) is 30.5 Å². The van der Waals surface area contributed by atoms with E-state index in [1.54, 1.807) is 0 Å². The molecule has 0 heterocycles. The molecule has 1 rings (SSSR count). The molecule has 3 nitrogen and oxygen atoms in total. The van der Waals surface area contributed by atoms with E-state index in [0.29, 0.717) is 25.2 Å². The maximum absolute atomic E-state index is 5.64. The maximum Gasteiger partial charge on any atom is 0.119 e. The van der Waals surface area contributed by atoms with Gasteiger partial charge in [0.05, 0.1) is 13.2 Å². The fourth-order valence-electron chi connectivity index (χ4n) is 1.69. The van der Waals surface area contributed by atoms with Crippen LogP contribution in [0.1, 0.15) is 20.8 Å². The molecule has 102 valence electrons. The van der Waals surface area contributed by atoms with E-state index in [9.17, 15) is 0 Å². The van der Waals surface area contributed by atoms with Crippen molar-refractivity contribution in [3.05, 3.63) is 30.3 Å². The van der Waals surface area contributed by atoms with Crippen molar-refractivity contribution >= 4 is 0 Å². The van der Waals surface area contributed by atoms with Gasteiger partial charge in [-0.3, -0.25) is 0 Å². The molecule has 1 N–H and O–H groups in total. The Hall–Kier alpha value is -1.06. The second-order valence-corrected chi connectivity index (χ2v) is 4.64. The third-order valence-electron chi connectivity index (χ3n) is 2.81. The minimum absolute atomic E-state index is 0.423. The second-order valence-electron chi connectivity index (χ2n) is 4.64. The average Bonchev–Trinajstić information content (AvgIpc) is 2.38. The molecule has 0 radical (unpaired) electrons. The van der Waals surface area contributed by atoms with Gasteiger partial charge in [-0.15, -0.1) is 0 Å². The Kier molecular flexibility index (Phi) is 7.46. The summed E-state index contributed by atoms with van der Waals surface area (Å²) in [4.78, 5) is 0. The van der Waals surface area contributed by atoms with Gasteiger partial charge in [-0.2, -0.15) is 0 Å². The summed E-state index contributed by atoms with van der Waals surface area (Å²) in [6, 6.07) is 10.2. The minimum atomic E-state index is 0.423. The highest BCUT2D eigenvalue weighted by Gasteiger charge is 2.11. The van der Waals surface area contributed by atoms with E-state index in [0.717, 1.165) is 18.9 Å². The molecule has 1 atom stereocenters. The first kappa shape index (κ1) is 15.0. The van der Waals surface area contributed by atoms with E-state index in [4.69, 9.17) is 9.47 Å². The van der Waals surface area contributed by atoms with Crippen molar-refractivity contribution in [2.75, 3.05) is 26.4 Å². The Bertz CT molecular complexity index is 301. The van der Waals surface area contributed by atoms with Crippen LogP contribution in [0.25, 0.3) is 0 Å². The number of benzene rings is 1. The first-order valence-electron chi connectivity index (χ1n) is 6.73. The van der Waals surface area contributed by atoms with E-state index in [2.05, 4.69) is 26.1 Å². The van der Waals surface area contributed by atoms with Crippen molar-refractivity contribution in [1.82, 2.24) is 5.32 Å². The molecule has 0 spiro atoms. The Morgan fingerprint density at radius 3 is 2.44 bits per heavy atom. The van der Waals surface area contributed by atoms with Crippen LogP contribution < -0.4 is 10.1 Å². The highest BCUT2D eigenvalue weighted by molar-refractivity contribution is 5.20. The minimum Gasteiger partial charge on any atom is -0.491 e. The number of rotatable bonds is 9. The largest absolute Gasteiger partial charge is 0.491 e. The monoisotopic (exact) mass is 251 g/mol. The Labute approximate surface area is 110 Å². The zero-order valence-corrected chi connectivity index (χ0v) is 11.7. The normalized spacial score (nSPS) is 12.7. The summed E-state index contributed by atoms with van der Waals surface area (Å²) in [6.45, 7) is 9.48. The maximum atomic E-state index is 5.64. The van der Waals surface area contributed by atoms with E-state index in [-0.39, 0.29) is 0 Å². The zero-order chi connectivity index (χ0) is 13.2. The Morgan fingerprint density at radius 2 is 1.83 bits per heavy atom. The molecule has 1 aromatic rings. The van der Waals surface area contributed by atoms with Gasteiger partial charge in [-0.1, -0.05) is 39.0 Å². The summed E-state index contributed by atoms with van der Waals surface area (Å²) < 4.78 is 11.2. The molecule has 0 amide bonds. The van der Waals surface area contributed by atoms with Crippen molar-refractivity contribution < 1.29 is 9.47 Å². The summed E-state index contributed by atoms with van der Waals surface area (Å²) in [6.07, 6.45) is 0. The van der Waals surface area contributed by atoms with Gasteiger partial charge >= 0.3 is 0 Å². The van der Waals surface area contributed by atoms with Crippen LogP contribution in [0.15, 0.2) is 30.3 Å². The van der Waals surface area contributed by atoms with Gasteiger partial charge in [0.1, 0.15) is 12.4 Å². The van der Waals surface area contributed by atoms with Crippen LogP contribution in [-0.2, 0) is 4.74 Å². The number of para-hydroxylation sites is 1. The lowest BCUT2D eigenvalue weighted by molar-refractivity contribution is 0.0742. The molecule has 3 heteroatoms. The first-order chi connectivity index (χ1) is 8.74. The fourth-order valence-corrected chi connectivity index (χ4v) is 1.69. The summed E-state index contributed by atoms with van der Waals surface area (Å²) >= 11 is 0. The van der Waals surface area contributed by atoms with Crippen molar-refractivity contribution in [3.8, 4) is 5.75 Å². The van der Waals surface area contributed by atoms with E-state index in [1.165, 1.54) is 0 Å². The third-order valence-corrected chi connectivity index (χ3v) is 2.81. The average molecular weight is 251 g/mol. The highest BCUT2D eigenvalue weighted by Crippen LogP contribution is 2.08. The highest BCUT2D eigenvalue weighted by atomic mass is 16.5. The standard InChI is InChI=1S/C15H25NO2/c1-4-16-15(13(2)3)12-17-10-11-18-14-8-6-5-7-9-14/h5-9,13,15-16H,4,10-12H2,1-3H3. The summed E-state index contributed by atoms with van der Waals surface area (Å²) in [5, 5.41) is 3.42. The molecule has 0 aliphatic carbocycles. The summed E-state index contributed by atoms with van der Waals surface area (Å²) in [7, 11) is 0. The molecule has 0 aliphatic rings. The van der Waals surface area contributed by atoms with Crippen molar-refractivity contribution in [3.63, 3.8) is 0 Å². The molecular weight excluding hydrogens is 226 g/mol. The van der Waals surface area contributed by atoms with Gasteiger partial charge in [0.25, 0.3) is 0 Å². The summed E-state index contributed by atoms with van der Waals surface area (Å²) in [5.74, 6) is 1.48. The Balaban J connectivity index is 2.10. The molecule has 18 heavy (non-hydrogen) atoms. The molecule has 1 unspecified atom stereocenters. The molecule has 0 aliphatic heterocycles. The SMILES string of the molecule is CCNC(COCCOc1ccccc1)C(C)C. The zero-order valence-electron chi connectivity index (χ0n) is 11.7. The quantitative estimate of drug-likeness (QED) is 0.685. The van der Waals surface area contributed by atoms with Crippen LogP contribution >= 0.6 is 0 Å². The number of hydrogen-bond donors (Lipinski definition) is 1. The molecule has 0 saturated carbocycles. The third kappa shape index (κ3) is 6.03.